The normalized spacial score (nSPS) is 19.6. The monoisotopic (exact) mass is 552 g/mol. The Kier molecular flexibility index (Phi) is 7.19. The van der Waals surface area contributed by atoms with Gasteiger partial charge in [0, 0.05) is 36.1 Å². The molecule has 190 valence electrons. The molecule has 0 unspecified atom stereocenters. The van der Waals surface area contributed by atoms with Gasteiger partial charge in [-0.25, -0.2) is 0 Å². The van der Waals surface area contributed by atoms with E-state index >= 15 is 0 Å². The first kappa shape index (κ1) is 25.0. The Morgan fingerprint density at radius 2 is 2.03 bits per heavy atom. The molecule has 2 aromatic carbocycles. The molecular formula is C28H33BrN4O3. The molecule has 1 aliphatic carbocycles. The summed E-state index contributed by atoms with van der Waals surface area (Å²) in [6.07, 6.45) is 3.89. The Balaban J connectivity index is 1.32. The summed E-state index contributed by atoms with van der Waals surface area (Å²) in [6, 6.07) is 17.4. The van der Waals surface area contributed by atoms with Gasteiger partial charge in [0.25, 0.3) is 5.91 Å². The zero-order chi connectivity index (χ0) is 25.3. The molecular weight excluding hydrogens is 520 g/mol. The number of benzene rings is 2. The number of aliphatic hydroxyl groups excluding tert-OH is 1. The van der Waals surface area contributed by atoms with E-state index in [4.69, 9.17) is 4.74 Å². The summed E-state index contributed by atoms with van der Waals surface area (Å²) in [5, 5.41) is 22.3. The van der Waals surface area contributed by atoms with E-state index in [-0.39, 0.29) is 17.6 Å². The number of ether oxygens (including phenoxy) is 1. The van der Waals surface area contributed by atoms with Crippen LogP contribution in [0.1, 0.15) is 59.0 Å². The highest BCUT2D eigenvalue weighted by molar-refractivity contribution is 9.10. The molecule has 1 aromatic heterocycles. The summed E-state index contributed by atoms with van der Waals surface area (Å²) in [7, 11) is 1.75. The molecule has 1 saturated carbocycles. The van der Waals surface area contributed by atoms with Gasteiger partial charge in [-0.3, -0.25) is 9.48 Å². The fourth-order valence-electron chi connectivity index (χ4n) is 5.32. The van der Waals surface area contributed by atoms with Gasteiger partial charge in [-0.2, -0.15) is 5.10 Å². The van der Waals surface area contributed by atoms with Crippen LogP contribution in [0.3, 0.4) is 0 Å². The Bertz CT molecular complexity index is 1220. The number of fused-ring (bicyclic) bond motifs is 1. The van der Waals surface area contributed by atoms with Crippen molar-refractivity contribution in [3.05, 3.63) is 81.6 Å². The number of aromatic nitrogens is 2. The number of rotatable bonds is 8. The van der Waals surface area contributed by atoms with Gasteiger partial charge >= 0.3 is 0 Å². The number of aliphatic hydroxyl groups is 1. The zero-order valence-corrected chi connectivity index (χ0v) is 22.3. The molecule has 7 nitrogen and oxygen atoms in total. The number of hydrogen-bond donors (Lipinski definition) is 3. The number of hydrogen-bond acceptors (Lipinski definition) is 5. The molecule has 0 bridgehead atoms. The predicted molar refractivity (Wildman–Crippen MR) is 142 cm³/mol. The van der Waals surface area contributed by atoms with Crippen molar-refractivity contribution in [2.24, 2.45) is 7.05 Å². The van der Waals surface area contributed by atoms with Crippen molar-refractivity contribution in [1.29, 1.82) is 0 Å². The lowest BCUT2D eigenvalue weighted by Crippen LogP contribution is -2.52. The van der Waals surface area contributed by atoms with Crippen LogP contribution in [0, 0.1) is 6.92 Å². The van der Waals surface area contributed by atoms with E-state index in [9.17, 15) is 9.90 Å². The minimum absolute atomic E-state index is 0.0639. The first-order chi connectivity index (χ1) is 17.3. The molecule has 36 heavy (non-hydrogen) atoms. The highest BCUT2D eigenvalue weighted by Gasteiger charge is 2.45. The van der Waals surface area contributed by atoms with E-state index in [0.29, 0.717) is 18.7 Å². The molecule has 0 radical (unpaired) electrons. The van der Waals surface area contributed by atoms with Gasteiger partial charge in [0.2, 0.25) is 0 Å². The fraction of sp³-hybridized carbons (Fsp3) is 0.429. The quantitative estimate of drug-likeness (QED) is 0.389. The maximum absolute atomic E-state index is 13.1. The Labute approximate surface area is 220 Å². The van der Waals surface area contributed by atoms with Gasteiger partial charge in [0.15, 0.2) is 0 Å². The third-order valence-corrected chi connectivity index (χ3v) is 7.90. The average Bonchev–Trinajstić information content (AvgIpc) is 3.19. The molecule has 5 rings (SSSR count). The molecule has 8 heteroatoms. The van der Waals surface area contributed by atoms with Gasteiger partial charge in [-0.15, -0.1) is 0 Å². The Morgan fingerprint density at radius 3 is 2.69 bits per heavy atom. The molecule has 1 fully saturated rings. The second kappa shape index (κ2) is 10.4. The molecule has 2 aliphatic rings. The summed E-state index contributed by atoms with van der Waals surface area (Å²) in [4.78, 5) is 13.1. The average molecular weight is 554 g/mol. The minimum Gasteiger partial charge on any atom is -0.487 e. The third-order valence-electron chi connectivity index (χ3n) is 7.40. The van der Waals surface area contributed by atoms with Crippen molar-refractivity contribution in [3.8, 4) is 5.75 Å². The maximum atomic E-state index is 13.1. The zero-order valence-electron chi connectivity index (χ0n) is 20.7. The van der Waals surface area contributed by atoms with E-state index in [1.807, 2.05) is 49.4 Å². The highest BCUT2D eigenvalue weighted by atomic mass is 79.9. The highest BCUT2D eigenvalue weighted by Crippen LogP contribution is 2.49. The van der Waals surface area contributed by atoms with Gasteiger partial charge < -0.3 is 20.5 Å². The topological polar surface area (TPSA) is 88.4 Å². The van der Waals surface area contributed by atoms with Crippen LogP contribution in [0.25, 0.3) is 0 Å². The van der Waals surface area contributed by atoms with E-state index in [1.54, 1.807) is 17.8 Å². The van der Waals surface area contributed by atoms with Crippen LogP contribution < -0.4 is 15.4 Å². The second-order valence-electron chi connectivity index (χ2n) is 10.1. The van der Waals surface area contributed by atoms with Crippen LogP contribution in [-0.2, 0) is 13.5 Å². The van der Waals surface area contributed by atoms with Crippen LogP contribution in [0.4, 0.5) is 0 Å². The summed E-state index contributed by atoms with van der Waals surface area (Å²) >= 11 is 3.59. The number of nitrogens with zero attached hydrogens (tertiary/aromatic N) is 2. The number of amides is 1. The van der Waals surface area contributed by atoms with Gasteiger partial charge in [0.1, 0.15) is 17.0 Å². The van der Waals surface area contributed by atoms with Crippen LogP contribution in [0.2, 0.25) is 0 Å². The molecule has 0 saturated heterocycles. The maximum Gasteiger partial charge on any atom is 0.269 e. The van der Waals surface area contributed by atoms with Crippen LogP contribution in [0.15, 0.2) is 59.1 Å². The fourth-order valence-corrected chi connectivity index (χ4v) is 5.70. The third kappa shape index (κ3) is 5.36. The molecule has 3 aromatic rings. The Hall–Kier alpha value is -2.68. The van der Waals surface area contributed by atoms with Crippen molar-refractivity contribution in [2.45, 2.75) is 62.8 Å². The first-order valence-corrected chi connectivity index (χ1v) is 13.4. The van der Waals surface area contributed by atoms with Gasteiger partial charge in [0.05, 0.1) is 17.8 Å². The van der Waals surface area contributed by atoms with E-state index in [1.165, 1.54) is 6.42 Å². The first-order valence-electron chi connectivity index (χ1n) is 12.6. The number of aryl methyl sites for hydroxylation is 2. The Morgan fingerprint density at radius 1 is 1.25 bits per heavy atom. The molecule has 1 aliphatic heterocycles. The summed E-state index contributed by atoms with van der Waals surface area (Å²) in [5.41, 5.74) is 3.29. The number of halogens is 1. The number of carbonyl (C=O) groups excluding carboxylic acids is 1. The molecule has 1 spiro atoms. The minimum atomic E-state index is -0.792. The SMILES string of the molecule is Cc1cc(C(=O)N[C@@H](Cc2ccccc2)[C@@H](O)CN[C@H]2CC3(CCC3)Oc3ccc(Br)cc32)n(C)n1. The van der Waals surface area contributed by atoms with E-state index in [2.05, 4.69) is 37.7 Å². The summed E-state index contributed by atoms with van der Waals surface area (Å²) in [5.74, 6) is 0.670. The summed E-state index contributed by atoms with van der Waals surface area (Å²) < 4.78 is 8.98. The molecule has 3 atom stereocenters. The van der Waals surface area contributed by atoms with Crippen LogP contribution in [0.5, 0.6) is 5.75 Å². The van der Waals surface area contributed by atoms with Gasteiger partial charge in [-0.1, -0.05) is 46.3 Å². The lowest BCUT2D eigenvalue weighted by Gasteiger charge is -2.48. The lowest BCUT2D eigenvalue weighted by atomic mass is 9.73. The van der Waals surface area contributed by atoms with Crippen LogP contribution >= 0.6 is 15.9 Å². The van der Waals surface area contributed by atoms with Crippen molar-refractivity contribution >= 4 is 21.8 Å². The predicted octanol–water partition coefficient (Wildman–Crippen LogP) is 4.23. The van der Waals surface area contributed by atoms with E-state index in [0.717, 1.165) is 46.3 Å². The largest absolute Gasteiger partial charge is 0.487 e. The molecule has 2 heterocycles. The van der Waals surface area contributed by atoms with E-state index < -0.39 is 12.1 Å². The smallest absolute Gasteiger partial charge is 0.269 e. The molecule has 3 N–H and O–H groups in total. The van der Waals surface area contributed by atoms with Crippen molar-refractivity contribution in [2.75, 3.05) is 6.54 Å². The van der Waals surface area contributed by atoms with Crippen molar-refractivity contribution < 1.29 is 14.6 Å². The van der Waals surface area contributed by atoms with Crippen molar-refractivity contribution in [1.82, 2.24) is 20.4 Å². The number of nitrogens with one attached hydrogen (secondary N) is 2. The second-order valence-corrected chi connectivity index (χ2v) is 11.0. The van der Waals surface area contributed by atoms with Crippen LogP contribution in [-0.4, -0.2) is 45.1 Å². The number of carbonyl (C=O) groups is 1. The standard InChI is InChI=1S/C28H33BrN4O3/c1-18-13-24(33(2)32-18)27(35)31-22(14-19-7-4-3-5-8-19)25(34)17-30-23-16-28(11-6-12-28)36-26-10-9-20(29)15-21(23)26/h3-5,7-10,13,15,22-23,25,30,34H,6,11-12,14,16-17H2,1-2H3,(H,31,35)/t22-,23-,25-/m0/s1. The van der Waals surface area contributed by atoms with Crippen molar-refractivity contribution in [3.63, 3.8) is 0 Å². The summed E-state index contributed by atoms with van der Waals surface area (Å²) in [6.45, 7) is 2.20. The lowest BCUT2D eigenvalue weighted by molar-refractivity contribution is -0.0382. The van der Waals surface area contributed by atoms with Gasteiger partial charge in [-0.05, 0) is 62.4 Å². The molecule has 1 amide bonds.